The molecule has 0 atom stereocenters. The van der Waals surface area contributed by atoms with Gasteiger partial charge in [0.1, 0.15) is 18.1 Å². The highest BCUT2D eigenvalue weighted by atomic mass is 35.5. The Morgan fingerprint density at radius 2 is 1.71 bits per heavy atom. The number of ether oxygens (including phenoxy) is 2. The Balaban J connectivity index is 1.59. The van der Waals surface area contributed by atoms with Crippen LogP contribution in [0.5, 0.6) is 11.5 Å². The van der Waals surface area contributed by atoms with Crippen LogP contribution in [0.1, 0.15) is 18.1 Å². The summed E-state index contributed by atoms with van der Waals surface area (Å²) in [5.41, 5.74) is 1.77. The summed E-state index contributed by atoms with van der Waals surface area (Å²) >= 11 is 12.4. The van der Waals surface area contributed by atoms with Gasteiger partial charge in [-0.15, -0.1) is 0 Å². The molecule has 0 saturated carbocycles. The number of nitrogens with one attached hydrogen (secondary N) is 1. The lowest BCUT2D eigenvalue weighted by Gasteiger charge is -2.15. The van der Waals surface area contributed by atoms with Gasteiger partial charge in [0.05, 0.1) is 17.3 Å². The lowest BCUT2D eigenvalue weighted by molar-refractivity contribution is -0.113. The average molecular weight is 501 g/mol. The molecule has 0 spiro atoms. The molecular formula is C25H19Cl2FN2O4. The molecule has 1 fully saturated rings. The van der Waals surface area contributed by atoms with E-state index in [9.17, 15) is 14.0 Å². The van der Waals surface area contributed by atoms with E-state index in [0.717, 1.165) is 10.5 Å². The van der Waals surface area contributed by atoms with E-state index in [4.69, 9.17) is 32.7 Å². The van der Waals surface area contributed by atoms with E-state index in [1.807, 2.05) is 6.92 Å². The summed E-state index contributed by atoms with van der Waals surface area (Å²) in [6, 6.07) is 15.0. The van der Waals surface area contributed by atoms with Gasteiger partial charge in [0.25, 0.3) is 5.91 Å². The zero-order valence-corrected chi connectivity index (χ0v) is 19.5. The molecule has 174 valence electrons. The zero-order valence-electron chi connectivity index (χ0n) is 18.0. The summed E-state index contributed by atoms with van der Waals surface area (Å²) < 4.78 is 24.7. The smallest absolute Gasteiger partial charge is 0.333 e. The third-order valence-electron chi connectivity index (χ3n) is 4.90. The van der Waals surface area contributed by atoms with Gasteiger partial charge in [-0.3, -0.25) is 4.79 Å². The molecule has 6 nitrogen and oxygen atoms in total. The zero-order chi connectivity index (χ0) is 24.2. The summed E-state index contributed by atoms with van der Waals surface area (Å²) in [5.74, 6) is -0.162. The van der Waals surface area contributed by atoms with Gasteiger partial charge in [0, 0.05) is 5.02 Å². The number of hydrogen-bond acceptors (Lipinski definition) is 4. The molecule has 1 saturated heterocycles. The quantitative estimate of drug-likeness (QED) is 0.309. The minimum absolute atomic E-state index is 0.0819. The van der Waals surface area contributed by atoms with Gasteiger partial charge < -0.3 is 14.8 Å². The molecule has 3 aromatic carbocycles. The van der Waals surface area contributed by atoms with Crippen molar-refractivity contribution in [3.05, 3.63) is 93.4 Å². The van der Waals surface area contributed by atoms with Crippen molar-refractivity contribution >= 4 is 46.9 Å². The number of benzene rings is 3. The normalized spacial score (nSPS) is 14.5. The van der Waals surface area contributed by atoms with E-state index in [1.165, 1.54) is 18.2 Å². The highest BCUT2D eigenvalue weighted by Gasteiger charge is 2.34. The summed E-state index contributed by atoms with van der Waals surface area (Å²) in [5, 5.41) is 3.32. The van der Waals surface area contributed by atoms with E-state index in [1.54, 1.807) is 48.5 Å². The second kappa shape index (κ2) is 10.2. The lowest BCUT2D eigenvalue weighted by Crippen LogP contribution is -2.30. The van der Waals surface area contributed by atoms with Gasteiger partial charge in [0.15, 0.2) is 11.5 Å². The average Bonchev–Trinajstić information content (AvgIpc) is 3.08. The molecule has 0 bridgehead atoms. The van der Waals surface area contributed by atoms with Crippen molar-refractivity contribution in [2.24, 2.45) is 0 Å². The monoisotopic (exact) mass is 500 g/mol. The number of urea groups is 1. The molecule has 3 amide bonds. The van der Waals surface area contributed by atoms with Gasteiger partial charge in [-0.25, -0.2) is 14.1 Å². The Hall–Kier alpha value is -3.55. The second-order valence-corrected chi connectivity index (χ2v) is 8.13. The van der Waals surface area contributed by atoms with Crippen LogP contribution in [0, 0.1) is 5.82 Å². The Morgan fingerprint density at radius 1 is 1.00 bits per heavy atom. The summed E-state index contributed by atoms with van der Waals surface area (Å²) in [7, 11) is 0. The number of carbonyl (C=O) groups is 2. The van der Waals surface area contributed by atoms with E-state index in [-0.39, 0.29) is 23.1 Å². The first-order valence-corrected chi connectivity index (χ1v) is 11.1. The number of amides is 3. The topological polar surface area (TPSA) is 67.9 Å². The van der Waals surface area contributed by atoms with Crippen LogP contribution in [-0.4, -0.2) is 18.5 Å². The predicted octanol–water partition coefficient (Wildman–Crippen LogP) is 6.21. The first-order valence-electron chi connectivity index (χ1n) is 10.3. The highest BCUT2D eigenvalue weighted by molar-refractivity contribution is 6.33. The third kappa shape index (κ3) is 5.16. The first-order chi connectivity index (χ1) is 16.4. The Labute approximate surface area is 205 Å². The van der Waals surface area contributed by atoms with Crippen molar-refractivity contribution in [2.45, 2.75) is 13.5 Å². The van der Waals surface area contributed by atoms with Crippen molar-refractivity contribution in [1.29, 1.82) is 0 Å². The van der Waals surface area contributed by atoms with E-state index < -0.39 is 11.9 Å². The molecule has 4 rings (SSSR count). The molecule has 9 heteroatoms. The van der Waals surface area contributed by atoms with Crippen molar-refractivity contribution in [3.8, 4) is 11.5 Å². The van der Waals surface area contributed by atoms with Crippen LogP contribution >= 0.6 is 23.2 Å². The van der Waals surface area contributed by atoms with Crippen LogP contribution in [0.3, 0.4) is 0 Å². The Bertz CT molecular complexity index is 1260. The van der Waals surface area contributed by atoms with E-state index in [2.05, 4.69) is 5.32 Å². The molecule has 1 N–H and O–H groups in total. The fourth-order valence-electron chi connectivity index (χ4n) is 3.34. The van der Waals surface area contributed by atoms with Gasteiger partial charge >= 0.3 is 6.03 Å². The van der Waals surface area contributed by atoms with Crippen LogP contribution in [0.15, 0.2) is 66.4 Å². The molecule has 0 aliphatic carbocycles. The molecule has 1 aliphatic heterocycles. The Kier molecular flexibility index (Phi) is 7.05. The van der Waals surface area contributed by atoms with Crippen molar-refractivity contribution in [2.75, 3.05) is 11.5 Å². The van der Waals surface area contributed by atoms with Crippen LogP contribution in [-0.2, 0) is 11.4 Å². The maximum atomic E-state index is 13.1. The van der Waals surface area contributed by atoms with Gasteiger partial charge in [-0.05, 0) is 72.7 Å². The van der Waals surface area contributed by atoms with Gasteiger partial charge in [-0.2, -0.15) is 0 Å². The Morgan fingerprint density at radius 3 is 2.38 bits per heavy atom. The molecular weight excluding hydrogens is 482 g/mol. The molecule has 0 radical (unpaired) electrons. The fraction of sp³-hybridized carbons (Fsp3) is 0.120. The maximum Gasteiger partial charge on any atom is 0.333 e. The van der Waals surface area contributed by atoms with Crippen molar-refractivity contribution in [1.82, 2.24) is 5.32 Å². The second-order valence-electron chi connectivity index (χ2n) is 7.28. The number of nitrogens with zero attached hydrogens (tertiary/aromatic N) is 1. The maximum absolute atomic E-state index is 13.1. The minimum atomic E-state index is -0.575. The summed E-state index contributed by atoms with van der Waals surface area (Å²) in [4.78, 5) is 26.3. The molecule has 1 aliphatic rings. The number of halogens is 3. The first kappa shape index (κ1) is 23.6. The van der Waals surface area contributed by atoms with Crippen LogP contribution < -0.4 is 19.7 Å². The summed E-state index contributed by atoms with van der Waals surface area (Å²) in [6.07, 6.45) is 1.51. The lowest BCUT2D eigenvalue weighted by atomic mass is 10.1. The van der Waals surface area contributed by atoms with E-state index >= 15 is 0 Å². The number of anilines is 1. The summed E-state index contributed by atoms with van der Waals surface area (Å²) in [6.45, 7) is 2.32. The van der Waals surface area contributed by atoms with Gasteiger partial charge in [-0.1, -0.05) is 35.3 Å². The number of carbonyl (C=O) groups excluding carboxylic acids is 2. The van der Waals surface area contributed by atoms with Gasteiger partial charge in [0.2, 0.25) is 0 Å². The third-order valence-corrected chi connectivity index (χ3v) is 5.43. The number of imide groups is 1. The molecule has 0 unspecified atom stereocenters. The van der Waals surface area contributed by atoms with Crippen molar-refractivity contribution < 1.29 is 23.5 Å². The largest absolute Gasteiger partial charge is 0.490 e. The molecule has 1 heterocycles. The van der Waals surface area contributed by atoms with Crippen LogP contribution in [0.2, 0.25) is 10.0 Å². The van der Waals surface area contributed by atoms with Crippen LogP contribution in [0.25, 0.3) is 6.08 Å². The number of rotatable bonds is 7. The van der Waals surface area contributed by atoms with E-state index in [0.29, 0.717) is 34.4 Å². The standard InChI is InChI=1S/C25H19Cl2FN2O4/c1-2-33-22-13-16(11-20(27)23(22)34-14-15-3-7-18(28)8-4-15)12-21-24(31)30(25(32)29-21)19-9-5-17(26)6-10-19/h3-13H,2,14H2,1H3,(H,29,32)/b21-12+. The van der Waals surface area contributed by atoms with Crippen molar-refractivity contribution in [3.63, 3.8) is 0 Å². The predicted molar refractivity (Wildman–Crippen MR) is 129 cm³/mol. The SMILES string of the molecule is CCOc1cc(/C=C2/NC(=O)N(c3ccc(Cl)cc3)C2=O)cc(Cl)c1OCc1ccc(F)cc1. The van der Waals surface area contributed by atoms with Crippen LogP contribution in [0.4, 0.5) is 14.9 Å². The fourth-order valence-corrected chi connectivity index (χ4v) is 3.74. The number of hydrogen-bond donors (Lipinski definition) is 1. The molecule has 34 heavy (non-hydrogen) atoms. The highest BCUT2D eigenvalue weighted by Crippen LogP contribution is 2.38. The minimum Gasteiger partial charge on any atom is -0.490 e. The molecule has 3 aromatic rings. The molecule has 0 aromatic heterocycles.